The predicted octanol–water partition coefficient (Wildman–Crippen LogP) is 5.34. The summed E-state index contributed by atoms with van der Waals surface area (Å²) in [5, 5.41) is 20.9. The van der Waals surface area contributed by atoms with Gasteiger partial charge in [-0.3, -0.25) is 4.79 Å². The van der Waals surface area contributed by atoms with E-state index in [0.29, 0.717) is 10.8 Å². The largest absolute Gasteiger partial charge is 0.508 e. The molecule has 166 valence electrons. The normalized spacial score (nSPS) is 12.5. The molecule has 1 aromatic heterocycles. The van der Waals surface area contributed by atoms with Crippen molar-refractivity contribution in [3.63, 3.8) is 0 Å². The Kier molecular flexibility index (Phi) is 8.06. The van der Waals surface area contributed by atoms with E-state index in [1.807, 2.05) is 25.1 Å². The van der Waals surface area contributed by atoms with Crippen LogP contribution in [-0.2, 0) is 6.42 Å². The number of fused-ring (bicyclic) bond motifs is 1. The second-order valence-electron chi connectivity index (χ2n) is 7.79. The maximum Gasteiger partial charge on any atom is 0.255 e. The van der Waals surface area contributed by atoms with Crippen molar-refractivity contribution in [3.05, 3.63) is 101 Å². The molecule has 0 aliphatic heterocycles. The highest BCUT2D eigenvalue weighted by atomic mass is 16.3. The van der Waals surface area contributed by atoms with Gasteiger partial charge in [0.1, 0.15) is 11.5 Å². The molecule has 0 unspecified atom stereocenters. The van der Waals surface area contributed by atoms with E-state index in [9.17, 15) is 15.0 Å². The van der Waals surface area contributed by atoms with E-state index in [4.69, 9.17) is 0 Å². The molecule has 0 spiro atoms. The Morgan fingerprint density at radius 1 is 1.12 bits per heavy atom. The smallest absolute Gasteiger partial charge is 0.255 e. The average molecular weight is 431 g/mol. The van der Waals surface area contributed by atoms with Crippen LogP contribution < -0.4 is 5.56 Å². The van der Waals surface area contributed by atoms with E-state index in [2.05, 4.69) is 35.1 Å². The van der Waals surface area contributed by atoms with Crippen LogP contribution in [0.1, 0.15) is 18.9 Å². The van der Waals surface area contributed by atoms with Gasteiger partial charge in [-0.25, -0.2) is 0 Å². The number of hydrogen-bond acceptors (Lipinski definition) is 4. The Bertz CT molecular complexity index is 1190. The molecule has 3 aromatic rings. The number of aromatic amines is 1. The maximum absolute atomic E-state index is 12.1. The molecule has 0 fully saturated rings. The Morgan fingerprint density at radius 2 is 1.91 bits per heavy atom. The van der Waals surface area contributed by atoms with E-state index in [1.54, 1.807) is 42.6 Å². The van der Waals surface area contributed by atoms with Crippen LogP contribution in [0, 0.1) is 0 Å². The monoisotopic (exact) mass is 430 g/mol. The Balaban J connectivity index is 1.59. The third-order valence-corrected chi connectivity index (χ3v) is 5.37. The highest BCUT2D eigenvalue weighted by molar-refractivity contribution is 5.99. The SMILES string of the molecule is C\C=C/C(O)=C\C=C\CCN(C)CCc1ccc(-c2c[nH]c(=O)c3cccc(O)c23)cc1. The number of nitrogens with one attached hydrogen (secondary N) is 1. The van der Waals surface area contributed by atoms with Crippen LogP contribution in [0.4, 0.5) is 0 Å². The third kappa shape index (κ3) is 5.99. The van der Waals surface area contributed by atoms with E-state index in [0.717, 1.165) is 37.1 Å². The quantitative estimate of drug-likeness (QED) is 0.316. The minimum absolute atomic E-state index is 0.107. The van der Waals surface area contributed by atoms with Crippen molar-refractivity contribution in [1.82, 2.24) is 9.88 Å². The molecule has 2 aromatic carbocycles. The van der Waals surface area contributed by atoms with Gasteiger partial charge in [0.2, 0.25) is 0 Å². The van der Waals surface area contributed by atoms with Crippen molar-refractivity contribution in [2.45, 2.75) is 19.8 Å². The fourth-order valence-electron chi connectivity index (χ4n) is 3.59. The van der Waals surface area contributed by atoms with Gasteiger partial charge in [-0.2, -0.15) is 0 Å². The van der Waals surface area contributed by atoms with Crippen LogP contribution >= 0.6 is 0 Å². The molecule has 0 radical (unpaired) electrons. The second-order valence-corrected chi connectivity index (χ2v) is 7.79. The molecule has 0 amide bonds. The van der Waals surface area contributed by atoms with Gasteiger partial charge in [0.05, 0.1) is 5.39 Å². The van der Waals surface area contributed by atoms with Crippen LogP contribution in [0.25, 0.3) is 21.9 Å². The highest BCUT2D eigenvalue weighted by Gasteiger charge is 2.10. The Hall–Kier alpha value is -3.57. The summed E-state index contributed by atoms with van der Waals surface area (Å²) in [4.78, 5) is 17.1. The van der Waals surface area contributed by atoms with Crippen molar-refractivity contribution in [3.8, 4) is 16.9 Å². The topological polar surface area (TPSA) is 76.6 Å². The van der Waals surface area contributed by atoms with Gasteiger partial charge >= 0.3 is 0 Å². The van der Waals surface area contributed by atoms with Crippen molar-refractivity contribution in [2.75, 3.05) is 20.1 Å². The van der Waals surface area contributed by atoms with Gasteiger partial charge in [0.15, 0.2) is 0 Å². The summed E-state index contributed by atoms with van der Waals surface area (Å²) in [5.41, 5.74) is 2.78. The number of rotatable bonds is 9. The van der Waals surface area contributed by atoms with Crippen LogP contribution in [0.5, 0.6) is 5.75 Å². The molecule has 0 saturated heterocycles. The van der Waals surface area contributed by atoms with Gasteiger partial charge < -0.3 is 20.1 Å². The zero-order valence-corrected chi connectivity index (χ0v) is 18.6. The van der Waals surface area contributed by atoms with Gasteiger partial charge in [-0.15, -0.1) is 0 Å². The molecular formula is C27H30N2O3. The van der Waals surface area contributed by atoms with E-state index >= 15 is 0 Å². The molecule has 0 atom stereocenters. The van der Waals surface area contributed by atoms with Crippen molar-refractivity contribution in [2.24, 2.45) is 0 Å². The van der Waals surface area contributed by atoms with E-state index in [-0.39, 0.29) is 17.1 Å². The fraction of sp³-hybridized carbons (Fsp3) is 0.222. The summed E-state index contributed by atoms with van der Waals surface area (Å²) in [5.74, 6) is 0.363. The lowest BCUT2D eigenvalue weighted by molar-refractivity contribution is 0.345. The number of aromatic hydroxyl groups is 1. The van der Waals surface area contributed by atoms with Crippen molar-refractivity contribution < 1.29 is 10.2 Å². The number of likely N-dealkylation sites (N-methyl/N-ethyl adjacent to an activating group) is 1. The fourth-order valence-corrected chi connectivity index (χ4v) is 3.59. The molecule has 0 saturated carbocycles. The Morgan fingerprint density at radius 3 is 2.66 bits per heavy atom. The maximum atomic E-state index is 12.1. The summed E-state index contributed by atoms with van der Waals surface area (Å²) in [6.07, 6.45) is 12.6. The first kappa shape index (κ1) is 23.1. The molecule has 3 rings (SSSR count). The lowest BCUT2D eigenvalue weighted by atomic mass is 9.98. The van der Waals surface area contributed by atoms with Gasteiger partial charge in [0, 0.05) is 30.2 Å². The van der Waals surface area contributed by atoms with Crippen molar-refractivity contribution in [1.29, 1.82) is 0 Å². The molecule has 0 aliphatic rings. The number of phenols is 1. The van der Waals surface area contributed by atoms with Crippen molar-refractivity contribution >= 4 is 10.8 Å². The molecule has 1 heterocycles. The molecule has 3 N–H and O–H groups in total. The van der Waals surface area contributed by atoms with Crippen LogP contribution in [0.3, 0.4) is 0 Å². The number of allylic oxidation sites excluding steroid dienone is 4. The lowest BCUT2D eigenvalue weighted by Crippen LogP contribution is -2.22. The molecule has 5 heteroatoms. The van der Waals surface area contributed by atoms with E-state index < -0.39 is 0 Å². The summed E-state index contributed by atoms with van der Waals surface area (Å²) < 4.78 is 0. The number of H-pyrrole nitrogens is 1. The Labute approximate surface area is 188 Å². The minimum atomic E-state index is -0.209. The van der Waals surface area contributed by atoms with Crippen LogP contribution in [0.15, 0.2) is 89.6 Å². The number of phenolic OH excluding ortho intramolecular Hbond substituents is 1. The third-order valence-electron chi connectivity index (χ3n) is 5.37. The van der Waals surface area contributed by atoms with Gasteiger partial charge in [-0.05, 0) is 62.2 Å². The summed E-state index contributed by atoms with van der Waals surface area (Å²) >= 11 is 0. The first-order valence-electron chi connectivity index (χ1n) is 10.8. The first-order chi connectivity index (χ1) is 15.5. The van der Waals surface area contributed by atoms with Crippen LogP contribution in [-0.4, -0.2) is 40.2 Å². The zero-order valence-electron chi connectivity index (χ0n) is 18.6. The number of nitrogens with zero attached hydrogens (tertiary/aromatic N) is 1. The van der Waals surface area contributed by atoms with Gasteiger partial charge in [-0.1, -0.05) is 48.6 Å². The summed E-state index contributed by atoms with van der Waals surface area (Å²) in [6, 6.07) is 13.2. The standard InChI is InChI=1S/C27H30N2O3/c1-3-8-22(30)9-5-4-6-17-29(2)18-16-20-12-14-21(15-13-20)24-19-28-27(32)23-10-7-11-25(31)26(23)24/h3-5,7-15,19,30-31H,6,16-18H2,1-2H3,(H,28,32)/b5-4+,8-3-,22-9+. The summed E-state index contributed by atoms with van der Waals surface area (Å²) in [6.45, 7) is 3.75. The number of aliphatic hydroxyl groups is 1. The zero-order chi connectivity index (χ0) is 22.9. The number of benzene rings is 2. The number of hydrogen-bond donors (Lipinski definition) is 3. The lowest BCUT2D eigenvalue weighted by Gasteiger charge is -2.15. The number of aliphatic hydroxyl groups excluding tert-OH is 1. The van der Waals surface area contributed by atoms with Gasteiger partial charge in [0.25, 0.3) is 5.56 Å². The number of aromatic nitrogens is 1. The molecular weight excluding hydrogens is 400 g/mol. The molecule has 0 bridgehead atoms. The average Bonchev–Trinajstić information content (AvgIpc) is 2.79. The summed E-state index contributed by atoms with van der Waals surface area (Å²) in [7, 11) is 2.10. The molecule has 5 nitrogen and oxygen atoms in total. The highest BCUT2D eigenvalue weighted by Crippen LogP contribution is 2.32. The molecule has 0 aliphatic carbocycles. The molecule has 32 heavy (non-hydrogen) atoms. The first-order valence-corrected chi connectivity index (χ1v) is 10.8. The van der Waals surface area contributed by atoms with Crippen LogP contribution in [0.2, 0.25) is 0 Å². The van der Waals surface area contributed by atoms with E-state index in [1.165, 1.54) is 5.56 Å². The predicted molar refractivity (Wildman–Crippen MR) is 132 cm³/mol. The minimum Gasteiger partial charge on any atom is -0.508 e. The second kappa shape index (κ2) is 11.2. The number of pyridine rings is 1.